The second-order valence-electron chi connectivity index (χ2n) is 6.20. The van der Waals surface area contributed by atoms with Gasteiger partial charge in [0.05, 0.1) is 11.7 Å². The molecule has 1 fully saturated rings. The number of benzene rings is 1. The molecule has 1 aliphatic rings. The van der Waals surface area contributed by atoms with Gasteiger partial charge in [-0.25, -0.2) is 0 Å². The Morgan fingerprint density at radius 1 is 1.14 bits per heavy atom. The Bertz CT molecular complexity index is 601. The molecule has 2 heterocycles. The van der Waals surface area contributed by atoms with Crippen LogP contribution >= 0.6 is 11.7 Å². The lowest BCUT2D eigenvalue weighted by Gasteiger charge is -2.39. The highest BCUT2D eigenvalue weighted by atomic mass is 32.1. The predicted molar refractivity (Wildman–Crippen MR) is 90.7 cm³/mol. The summed E-state index contributed by atoms with van der Waals surface area (Å²) in [6.45, 7) is 7.15. The van der Waals surface area contributed by atoms with E-state index in [1.54, 1.807) is 0 Å². The molecule has 0 saturated carbocycles. The molecular formula is C17H23N3OS. The van der Waals surface area contributed by atoms with Crippen molar-refractivity contribution < 1.29 is 4.74 Å². The second kappa shape index (κ2) is 6.65. The third-order valence-electron chi connectivity index (χ3n) is 4.38. The minimum absolute atomic E-state index is 0.495. The normalized spacial score (nSPS) is 21.9. The molecule has 0 aliphatic carbocycles. The van der Waals surface area contributed by atoms with Gasteiger partial charge in [-0.15, -0.1) is 4.37 Å². The minimum atomic E-state index is 0.495. The first kappa shape index (κ1) is 15.3. The topological polar surface area (TPSA) is 38.3 Å². The van der Waals surface area contributed by atoms with Crippen molar-refractivity contribution in [2.24, 2.45) is 0 Å². The number of nitrogens with zero attached hydrogens (tertiary/aromatic N) is 3. The maximum Gasteiger partial charge on any atom is 0.271 e. The molecule has 0 radical (unpaired) electrons. The number of aryl methyl sites for hydroxylation is 1. The average molecular weight is 317 g/mol. The van der Waals surface area contributed by atoms with Gasteiger partial charge in [-0.3, -0.25) is 0 Å². The molecule has 22 heavy (non-hydrogen) atoms. The lowest BCUT2D eigenvalue weighted by Crippen LogP contribution is -2.44. The van der Waals surface area contributed by atoms with E-state index in [0.717, 1.165) is 11.4 Å². The van der Waals surface area contributed by atoms with Crippen molar-refractivity contribution in [3.8, 4) is 5.88 Å². The predicted octanol–water partition coefficient (Wildman–Crippen LogP) is 4.19. The first-order chi connectivity index (χ1) is 10.6. The van der Waals surface area contributed by atoms with Crippen LogP contribution in [0.25, 0.3) is 0 Å². The van der Waals surface area contributed by atoms with Crippen molar-refractivity contribution in [1.82, 2.24) is 8.75 Å². The molecule has 1 aromatic carbocycles. The number of aromatic nitrogens is 2. The van der Waals surface area contributed by atoms with Gasteiger partial charge in [-0.1, -0.05) is 29.8 Å². The number of rotatable bonds is 4. The SMILES string of the molecule is Cc1ccc(COc2nsnc2N2C(C)CCCC2C)cc1. The van der Waals surface area contributed by atoms with Crippen LogP contribution in [0.1, 0.15) is 44.2 Å². The second-order valence-corrected chi connectivity index (χ2v) is 6.73. The lowest BCUT2D eigenvalue weighted by molar-refractivity contribution is 0.293. The molecule has 0 spiro atoms. The first-order valence-electron chi connectivity index (χ1n) is 7.94. The first-order valence-corrected chi connectivity index (χ1v) is 8.67. The molecule has 0 amide bonds. The van der Waals surface area contributed by atoms with Crippen molar-refractivity contribution in [2.75, 3.05) is 4.90 Å². The molecule has 2 atom stereocenters. The van der Waals surface area contributed by atoms with Crippen molar-refractivity contribution in [2.45, 2.75) is 58.7 Å². The number of piperidine rings is 1. The molecule has 3 rings (SSSR count). The zero-order chi connectivity index (χ0) is 15.5. The van der Waals surface area contributed by atoms with Crippen LogP contribution in [-0.2, 0) is 6.61 Å². The summed E-state index contributed by atoms with van der Waals surface area (Å²) >= 11 is 1.23. The Labute approximate surface area is 136 Å². The highest BCUT2D eigenvalue weighted by Crippen LogP contribution is 2.34. The summed E-state index contributed by atoms with van der Waals surface area (Å²) in [5.41, 5.74) is 2.42. The summed E-state index contributed by atoms with van der Waals surface area (Å²) in [6, 6.07) is 9.40. The third kappa shape index (κ3) is 3.24. The number of hydrogen-bond acceptors (Lipinski definition) is 5. The molecule has 118 valence electrons. The Balaban J connectivity index is 1.73. The summed E-state index contributed by atoms with van der Waals surface area (Å²) in [5, 5.41) is 0. The third-order valence-corrected chi connectivity index (χ3v) is 4.88. The van der Waals surface area contributed by atoms with E-state index in [9.17, 15) is 0 Å². The van der Waals surface area contributed by atoms with Crippen molar-refractivity contribution >= 4 is 17.5 Å². The molecule has 1 saturated heterocycles. The largest absolute Gasteiger partial charge is 0.470 e. The Hall–Kier alpha value is -1.62. The standard InChI is InChI=1S/C17H23N3OS/c1-12-7-9-15(10-8-12)11-21-17-16(18-22-19-17)20-13(2)5-4-6-14(20)3/h7-10,13-14H,4-6,11H2,1-3H3. The monoisotopic (exact) mass is 317 g/mol. The maximum absolute atomic E-state index is 5.95. The Kier molecular flexibility index (Phi) is 4.62. The molecule has 5 heteroatoms. The molecule has 1 aromatic heterocycles. The van der Waals surface area contributed by atoms with Gasteiger partial charge in [0.25, 0.3) is 5.88 Å². The Morgan fingerprint density at radius 3 is 2.50 bits per heavy atom. The van der Waals surface area contributed by atoms with Crippen LogP contribution in [0.5, 0.6) is 5.88 Å². The van der Waals surface area contributed by atoms with Gasteiger partial charge < -0.3 is 9.64 Å². The zero-order valence-electron chi connectivity index (χ0n) is 13.5. The molecule has 1 aliphatic heterocycles. The summed E-state index contributed by atoms with van der Waals surface area (Å²) in [6.07, 6.45) is 3.70. The van der Waals surface area contributed by atoms with E-state index in [-0.39, 0.29) is 0 Å². The summed E-state index contributed by atoms with van der Waals surface area (Å²) in [7, 11) is 0. The molecule has 2 unspecified atom stereocenters. The van der Waals surface area contributed by atoms with E-state index in [4.69, 9.17) is 4.74 Å². The van der Waals surface area contributed by atoms with Crippen molar-refractivity contribution in [1.29, 1.82) is 0 Å². The smallest absolute Gasteiger partial charge is 0.271 e. The molecule has 4 nitrogen and oxygen atoms in total. The van der Waals surface area contributed by atoms with Gasteiger partial charge in [0.15, 0.2) is 0 Å². The zero-order valence-corrected chi connectivity index (χ0v) is 14.3. The summed E-state index contributed by atoms with van der Waals surface area (Å²) < 4.78 is 14.8. The fourth-order valence-electron chi connectivity index (χ4n) is 3.10. The van der Waals surface area contributed by atoms with E-state index in [1.807, 2.05) is 0 Å². The van der Waals surface area contributed by atoms with E-state index in [2.05, 4.69) is 58.7 Å². The van der Waals surface area contributed by atoms with E-state index >= 15 is 0 Å². The number of ether oxygens (including phenoxy) is 1. The summed E-state index contributed by atoms with van der Waals surface area (Å²) in [5.74, 6) is 1.59. The quantitative estimate of drug-likeness (QED) is 0.847. The van der Waals surface area contributed by atoms with E-state index in [1.165, 1.54) is 36.6 Å². The number of hydrogen-bond donors (Lipinski definition) is 0. The van der Waals surface area contributed by atoms with Gasteiger partial charge in [-0.05, 0) is 45.6 Å². The highest BCUT2D eigenvalue weighted by Gasteiger charge is 2.29. The van der Waals surface area contributed by atoms with Gasteiger partial charge >= 0.3 is 0 Å². The van der Waals surface area contributed by atoms with E-state index in [0.29, 0.717) is 24.6 Å². The van der Waals surface area contributed by atoms with Gasteiger partial charge in [0, 0.05) is 12.1 Å². The van der Waals surface area contributed by atoms with E-state index < -0.39 is 0 Å². The van der Waals surface area contributed by atoms with Crippen LogP contribution in [0.4, 0.5) is 5.82 Å². The molecule has 2 aromatic rings. The fourth-order valence-corrected chi connectivity index (χ4v) is 3.60. The summed E-state index contributed by atoms with van der Waals surface area (Å²) in [4.78, 5) is 2.37. The van der Waals surface area contributed by atoms with Gasteiger partial charge in [-0.2, -0.15) is 4.37 Å². The van der Waals surface area contributed by atoms with Crippen molar-refractivity contribution in [3.05, 3.63) is 35.4 Å². The Morgan fingerprint density at radius 2 is 1.82 bits per heavy atom. The lowest BCUT2D eigenvalue weighted by atomic mass is 9.98. The van der Waals surface area contributed by atoms with Gasteiger partial charge in [0.2, 0.25) is 5.82 Å². The van der Waals surface area contributed by atoms with Gasteiger partial charge in [0.1, 0.15) is 6.61 Å². The fraction of sp³-hybridized carbons (Fsp3) is 0.529. The minimum Gasteiger partial charge on any atom is -0.470 e. The molecule has 0 N–H and O–H groups in total. The van der Waals surface area contributed by atoms with Crippen LogP contribution in [-0.4, -0.2) is 20.8 Å². The highest BCUT2D eigenvalue weighted by molar-refractivity contribution is 6.99. The molecule has 0 bridgehead atoms. The average Bonchev–Trinajstić information content (AvgIpc) is 2.95. The van der Waals surface area contributed by atoms with Crippen LogP contribution < -0.4 is 9.64 Å². The van der Waals surface area contributed by atoms with Crippen LogP contribution in [0, 0.1) is 6.92 Å². The van der Waals surface area contributed by atoms with Crippen molar-refractivity contribution in [3.63, 3.8) is 0 Å². The number of anilines is 1. The van der Waals surface area contributed by atoms with Crippen LogP contribution in [0.2, 0.25) is 0 Å². The molecular weight excluding hydrogens is 294 g/mol. The maximum atomic E-state index is 5.95. The van der Waals surface area contributed by atoms with Crippen LogP contribution in [0.3, 0.4) is 0 Å². The van der Waals surface area contributed by atoms with Crippen LogP contribution in [0.15, 0.2) is 24.3 Å².